The molecule has 1 fully saturated rings. The average molecular weight is 368 g/mol. The first-order valence-electron chi connectivity index (χ1n) is 8.74. The molecule has 1 saturated heterocycles. The lowest BCUT2D eigenvalue weighted by Crippen LogP contribution is -2.31. The van der Waals surface area contributed by atoms with Crippen LogP contribution in [0.3, 0.4) is 0 Å². The van der Waals surface area contributed by atoms with Gasteiger partial charge in [-0.15, -0.1) is 0 Å². The fourth-order valence-corrected chi connectivity index (χ4v) is 3.50. The Morgan fingerprint density at radius 1 is 1.44 bits per heavy atom. The standard InChI is InChI=1S/C18H20N6O3/c1-20-8-11-4-5-23(9-11)18(26)12-7-13(14-3-2-6-27-14)24-10-21-15(16(19)25)17(24)22-12/h2-3,6-7,10-11,20H,4-5,8-9H2,1H3,(H2,19,25). The Labute approximate surface area is 155 Å². The van der Waals surface area contributed by atoms with Gasteiger partial charge in [0.25, 0.3) is 11.8 Å². The molecule has 27 heavy (non-hydrogen) atoms. The van der Waals surface area contributed by atoms with E-state index in [1.807, 2.05) is 7.05 Å². The summed E-state index contributed by atoms with van der Waals surface area (Å²) in [7, 11) is 1.90. The molecule has 0 aliphatic carbocycles. The zero-order chi connectivity index (χ0) is 19.0. The Kier molecular flexibility index (Phi) is 4.36. The molecule has 3 aromatic heterocycles. The van der Waals surface area contributed by atoms with Crippen LogP contribution in [0.4, 0.5) is 0 Å². The molecule has 1 aliphatic heterocycles. The van der Waals surface area contributed by atoms with Crippen molar-refractivity contribution in [3.8, 4) is 11.5 Å². The fourth-order valence-electron chi connectivity index (χ4n) is 3.50. The maximum atomic E-state index is 13.0. The number of likely N-dealkylation sites (tertiary alicyclic amines) is 1. The van der Waals surface area contributed by atoms with Crippen molar-refractivity contribution in [3.63, 3.8) is 0 Å². The largest absolute Gasteiger partial charge is 0.463 e. The number of imidazole rings is 1. The maximum absolute atomic E-state index is 13.0. The lowest BCUT2D eigenvalue weighted by molar-refractivity contribution is 0.0781. The van der Waals surface area contributed by atoms with E-state index in [1.54, 1.807) is 27.5 Å². The number of aromatic nitrogens is 3. The molecule has 0 aromatic carbocycles. The first-order valence-corrected chi connectivity index (χ1v) is 8.74. The summed E-state index contributed by atoms with van der Waals surface area (Å²) in [5.41, 5.74) is 6.49. The number of rotatable bonds is 5. The lowest BCUT2D eigenvalue weighted by atomic mass is 10.1. The van der Waals surface area contributed by atoms with E-state index < -0.39 is 5.91 Å². The van der Waals surface area contributed by atoms with Crippen molar-refractivity contribution in [3.05, 3.63) is 42.2 Å². The summed E-state index contributed by atoms with van der Waals surface area (Å²) in [6.07, 6.45) is 3.93. The number of nitrogens with two attached hydrogens (primary N) is 1. The third-order valence-corrected chi connectivity index (χ3v) is 4.79. The minimum atomic E-state index is -0.699. The molecule has 2 amide bonds. The van der Waals surface area contributed by atoms with Gasteiger partial charge >= 0.3 is 0 Å². The number of carbonyl (C=O) groups is 2. The van der Waals surface area contributed by atoms with Gasteiger partial charge < -0.3 is 20.4 Å². The highest BCUT2D eigenvalue weighted by atomic mass is 16.3. The van der Waals surface area contributed by atoms with Crippen molar-refractivity contribution >= 4 is 17.5 Å². The van der Waals surface area contributed by atoms with Gasteiger partial charge in [0.1, 0.15) is 12.0 Å². The van der Waals surface area contributed by atoms with Crippen molar-refractivity contribution in [2.24, 2.45) is 11.7 Å². The van der Waals surface area contributed by atoms with Crippen LogP contribution in [-0.4, -0.2) is 57.8 Å². The second-order valence-corrected chi connectivity index (χ2v) is 6.62. The van der Waals surface area contributed by atoms with Crippen molar-refractivity contribution in [2.75, 3.05) is 26.7 Å². The first kappa shape index (κ1) is 17.2. The molecular weight excluding hydrogens is 348 g/mol. The Morgan fingerprint density at radius 3 is 3.00 bits per heavy atom. The van der Waals surface area contributed by atoms with Crippen LogP contribution in [-0.2, 0) is 0 Å². The molecule has 0 bridgehead atoms. The molecule has 1 atom stereocenters. The normalized spacial score (nSPS) is 16.9. The minimum Gasteiger partial charge on any atom is -0.463 e. The van der Waals surface area contributed by atoms with Gasteiger partial charge in [0, 0.05) is 13.1 Å². The molecule has 1 unspecified atom stereocenters. The van der Waals surface area contributed by atoms with Gasteiger partial charge in [0.15, 0.2) is 17.1 Å². The topological polar surface area (TPSA) is 119 Å². The molecule has 0 saturated carbocycles. The van der Waals surface area contributed by atoms with Crippen LogP contribution >= 0.6 is 0 Å². The molecule has 3 aromatic rings. The molecule has 3 N–H and O–H groups in total. The maximum Gasteiger partial charge on any atom is 0.272 e. The number of hydrogen-bond donors (Lipinski definition) is 2. The Bertz CT molecular complexity index is 994. The molecule has 0 radical (unpaired) electrons. The van der Waals surface area contributed by atoms with Crippen molar-refractivity contribution < 1.29 is 14.0 Å². The minimum absolute atomic E-state index is 0.0203. The number of nitrogens with zero attached hydrogens (tertiary/aromatic N) is 4. The summed E-state index contributed by atoms with van der Waals surface area (Å²) < 4.78 is 7.08. The predicted octanol–water partition coefficient (Wildman–Crippen LogP) is 0.770. The van der Waals surface area contributed by atoms with Gasteiger partial charge in [-0.25, -0.2) is 9.97 Å². The van der Waals surface area contributed by atoms with E-state index in [2.05, 4.69) is 15.3 Å². The van der Waals surface area contributed by atoms with E-state index in [4.69, 9.17) is 10.2 Å². The number of nitrogens with one attached hydrogen (secondary N) is 1. The highest BCUT2D eigenvalue weighted by Crippen LogP contribution is 2.25. The summed E-state index contributed by atoms with van der Waals surface area (Å²) in [6, 6.07) is 5.18. The van der Waals surface area contributed by atoms with Crippen LogP contribution in [0, 0.1) is 5.92 Å². The Morgan fingerprint density at radius 2 is 2.30 bits per heavy atom. The van der Waals surface area contributed by atoms with Crippen LogP contribution in [0.1, 0.15) is 27.4 Å². The fraction of sp³-hybridized carbons (Fsp3) is 0.333. The van der Waals surface area contributed by atoms with Crippen molar-refractivity contribution in [1.29, 1.82) is 0 Å². The Balaban J connectivity index is 1.78. The van der Waals surface area contributed by atoms with E-state index in [9.17, 15) is 9.59 Å². The van der Waals surface area contributed by atoms with Gasteiger partial charge in [-0.1, -0.05) is 0 Å². The third kappa shape index (κ3) is 3.06. The van der Waals surface area contributed by atoms with Crippen LogP contribution in [0.25, 0.3) is 17.1 Å². The number of carbonyl (C=O) groups excluding carboxylic acids is 2. The van der Waals surface area contributed by atoms with Crippen LogP contribution < -0.4 is 11.1 Å². The van der Waals surface area contributed by atoms with E-state index >= 15 is 0 Å². The second kappa shape index (κ2) is 6.84. The van der Waals surface area contributed by atoms with Crippen LogP contribution in [0.2, 0.25) is 0 Å². The SMILES string of the molecule is CNCC1CCN(C(=O)c2cc(-c3ccco3)n3cnc(C(N)=O)c3n2)C1. The molecule has 4 rings (SSSR count). The second-order valence-electron chi connectivity index (χ2n) is 6.62. The van der Waals surface area contributed by atoms with Crippen LogP contribution in [0.5, 0.6) is 0 Å². The van der Waals surface area contributed by atoms with E-state index in [0.717, 1.165) is 13.0 Å². The Hall–Kier alpha value is -3.20. The summed E-state index contributed by atoms with van der Waals surface area (Å²) in [5.74, 6) is 0.0819. The summed E-state index contributed by atoms with van der Waals surface area (Å²) in [6.45, 7) is 2.21. The molecule has 4 heterocycles. The van der Waals surface area contributed by atoms with Gasteiger partial charge in [-0.3, -0.25) is 14.0 Å². The number of primary amides is 1. The third-order valence-electron chi connectivity index (χ3n) is 4.79. The quantitative estimate of drug-likeness (QED) is 0.687. The predicted molar refractivity (Wildman–Crippen MR) is 97.1 cm³/mol. The molecular formula is C18H20N6O3. The molecule has 1 aliphatic rings. The van der Waals surface area contributed by atoms with Gasteiger partial charge in [0.05, 0.1) is 12.0 Å². The number of amides is 2. The highest BCUT2D eigenvalue weighted by molar-refractivity contribution is 5.99. The highest BCUT2D eigenvalue weighted by Gasteiger charge is 2.28. The van der Waals surface area contributed by atoms with Gasteiger partial charge in [0.2, 0.25) is 0 Å². The average Bonchev–Trinajstić information content (AvgIpc) is 3.40. The lowest BCUT2D eigenvalue weighted by Gasteiger charge is -2.17. The van der Waals surface area contributed by atoms with E-state index in [0.29, 0.717) is 30.5 Å². The summed E-state index contributed by atoms with van der Waals surface area (Å²) >= 11 is 0. The van der Waals surface area contributed by atoms with E-state index in [-0.39, 0.29) is 22.9 Å². The van der Waals surface area contributed by atoms with Crippen molar-refractivity contribution in [2.45, 2.75) is 6.42 Å². The number of hydrogen-bond acceptors (Lipinski definition) is 6. The zero-order valence-corrected chi connectivity index (χ0v) is 14.9. The van der Waals surface area contributed by atoms with E-state index in [1.165, 1.54) is 12.6 Å². The summed E-state index contributed by atoms with van der Waals surface area (Å²) in [4.78, 5) is 35.0. The monoisotopic (exact) mass is 368 g/mol. The smallest absolute Gasteiger partial charge is 0.272 e. The van der Waals surface area contributed by atoms with Gasteiger partial charge in [-0.2, -0.15) is 0 Å². The summed E-state index contributed by atoms with van der Waals surface area (Å²) in [5, 5.41) is 3.15. The number of fused-ring (bicyclic) bond motifs is 1. The van der Waals surface area contributed by atoms with Crippen LogP contribution in [0.15, 0.2) is 35.2 Å². The number of furan rings is 1. The van der Waals surface area contributed by atoms with Crippen molar-refractivity contribution in [1.82, 2.24) is 24.6 Å². The molecule has 0 spiro atoms. The molecule has 140 valence electrons. The molecule has 9 heteroatoms. The van der Waals surface area contributed by atoms with Gasteiger partial charge in [-0.05, 0) is 44.1 Å². The zero-order valence-electron chi connectivity index (χ0n) is 14.9. The first-order chi connectivity index (χ1) is 13.1. The molecule has 9 nitrogen and oxygen atoms in total.